The van der Waals surface area contributed by atoms with Crippen molar-refractivity contribution in [1.29, 1.82) is 0 Å². The molecule has 0 saturated heterocycles. The first kappa shape index (κ1) is 13.9. The average Bonchev–Trinajstić information content (AvgIpc) is 2.76. The second-order valence-electron chi connectivity index (χ2n) is 8.46. The molecule has 21 heavy (non-hydrogen) atoms. The minimum Gasteiger partial charge on any atom is -0.512 e. The molecule has 4 aliphatic rings. The number of aliphatic hydroxyl groups excluding tert-OH is 2. The molecule has 0 heterocycles. The molecule has 2 saturated carbocycles. The minimum atomic E-state index is -0.231. The Hall–Kier alpha value is -0.760. The fraction of sp³-hybridized carbons (Fsp3) is 0.789. The van der Waals surface area contributed by atoms with Crippen LogP contribution in [0.15, 0.2) is 24.0 Å². The summed E-state index contributed by atoms with van der Waals surface area (Å²) in [5.41, 5.74) is 0.309. The average molecular weight is 288 g/mol. The van der Waals surface area contributed by atoms with E-state index in [1.54, 1.807) is 0 Å². The molecular formula is C19H28O2. The van der Waals surface area contributed by atoms with Crippen LogP contribution in [0, 0.1) is 34.5 Å². The van der Waals surface area contributed by atoms with Gasteiger partial charge in [-0.2, -0.15) is 0 Å². The second-order valence-corrected chi connectivity index (χ2v) is 8.46. The Labute approximate surface area is 127 Å². The minimum absolute atomic E-state index is 0.0439. The van der Waals surface area contributed by atoms with Gasteiger partial charge >= 0.3 is 0 Å². The summed E-state index contributed by atoms with van der Waals surface area (Å²) in [7, 11) is 0. The highest BCUT2D eigenvalue weighted by Gasteiger charge is 2.57. The first-order valence-corrected chi connectivity index (χ1v) is 8.72. The Morgan fingerprint density at radius 2 is 1.95 bits per heavy atom. The van der Waals surface area contributed by atoms with Gasteiger partial charge in [-0.25, -0.2) is 0 Å². The van der Waals surface area contributed by atoms with E-state index >= 15 is 0 Å². The van der Waals surface area contributed by atoms with Gasteiger partial charge in [-0.1, -0.05) is 26.0 Å². The molecule has 0 spiro atoms. The fourth-order valence-electron chi connectivity index (χ4n) is 6.33. The SMILES string of the molecule is C[C@]12C=CC(O)CC1CC[C@@H]1[C@H]2CC[C@]2(C)C(O)=CC[C@@H]12. The van der Waals surface area contributed by atoms with Crippen LogP contribution in [-0.2, 0) is 0 Å². The van der Waals surface area contributed by atoms with Crippen molar-refractivity contribution in [2.24, 2.45) is 34.5 Å². The largest absolute Gasteiger partial charge is 0.512 e. The highest BCUT2D eigenvalue weighted by atomic mass is 16.3. The molecule has 2 unspecified atom stereocenters. The first-order valence-electron chi connectivity index (χ1n) is 8.72. The first-order chi connectivity index (χ1) is 9.95. The molecule has 0 aliphatic heterocycles. The third-order valence-electron chi connectivity index (χ3n) is 7.71. The van der Waals surface area contributed by atoms with Crippen molar-refractivity contribution in [3.63, 3.8) is 0 Å². The van der Waals surface area contributed by atoms with Gasteiger partial charge in [0.15, 0.2) is 0 Å². The molecule has 116 valence electrons. The fourth-order valence-corrected chi connectivity index (χ4v) is 6.33. The molecule has 0 amide bonds. The van der Waals surface area contributed by atoms with E-state index in [0.29, 0.717) is 17.6 Å². The van der Waals surface area contributed by atoms with Gasteiger partial charge in [-0.3, -0.25) is 0 Å². The summed E-state index contributed by atoms with van der Waals surface area (Å²) >= 11 is 0. The lowest BCUT2D eigenvalue weighted by molar-refractivity contribution is -0.0778. The Kier molecular flexibility index (Phi) is 2.89. The molecular weight excluding hydrogens is 260 g/mol. The van der Waals surface area contributed by atoms with E-state index in [4.69, 9.17) is 0 Å². The van der Waals surface area contributed by atoms with E-state index in [1.165, 1.54) is 19.3 Å². The van der Waals surface area contributed by atoms with Crippen molar-refractivity contribution < 1.29 is 10.2 Å². The van der Waals surface area contributed by atoms with Crippen molar-refractivity contribution >= 4 is 0 Å². The number of rotatable bonds is 0. The van der Waals surface area contributed by atoms with Crippen molar-refractivity contribution in [2.75, 3.05) is 0 Å². The molecule has 7 atom stereocenters. The van der Waals surface area contributed by atoms with Gasteiger partial charge in [-0.05, 0) is 73.7 Å². The van der Waals surface area contributed by atoms with Crippen molar-refractivity contribution in [1.82, 2.24) is 0 Å². The molecule has 2 fully saturated rings. The van der Waals surface area contributed by atoms with Crippen LogP contribution in [0.3, 0.4) is 0 Å². The number of hydrogen-bond donors (Lipinski definition) is 2. The lowest BCUT2D eigenvalue weighted by Crippen LogP contribution is -2.52. The Balaban J connectivity index is 1.67. The molecule has 0 aromatic heterocycles. The van der Waals surface area contributed by atoms with Crippen LogP contribution in [0.5, 0.6) is 0 Å². The van der Waals surface area contributed by atoms with Gasteiger partial charge < -0.3 is 10.2 Å². The summed E-state index contributed by atoms with van der Waals surface area (Å²) in [6.07, 6.45) is 13.1. The van der Waals surface area contributed by atoms with Crippen LogP contribution in [-0.4, -0.2) is 16.3 Å². The molecule has 2 N–H and O–H groups in total. The number of fused-ring (bicyclic) bond motifs is 5. The smallest absolute Gasteiger partial charge is 0.0944 e. The number of allylic oxidation sites excluding steroid dienone is 3. The van der Waals surface area contributed by atoms with E-state index in [0.717, 1.165) is 31.1 Å². The molecule has 0 aromatic carbocycles. The summed E-state index contributed by atoms with van der Waals surface area (Å²) in [6, 6.07) is 0. The van der Waals surface area contributed by atoms with Gasteiger partial charge in [0.1, 0.15) is 0 Å². The lowest BCUT2D eigenvalue weighted by atomic mass is 9.46. The molecule has 2 heteroatoms. The predicted molar refractivity (Wildman–Crippen MR) is 83.7 cm³/mol. The summed E-state index contributed by atoms with van der Waals surface area (Å²) in [6.45, 7) is 4.71. The predicted octanol–water partition coefficient (Wildman–Crippen LogP) is 4.22. The van der Waals surface area contributed by atoms with Crippen LogP contribution in [0.2, 0.25) is 0 Å². The maximum Gasteiger partial charge on any atom is 0.0944 e. The van der Waals surface area contributed by atoms with Gasteiger partial charge in [0.25, 0.3) is 0 Å². The van der Waals surface area contributed by atoms with Crippen LogP contribution in [0.4, 0.5) is 0 Å². The molecule has 0 bridgehead atoms. The highest BCUT2D eigenvalue weighted by molar-refractivity contribution is 5.22. The molecule has 4 rings (SSSR count). The summed E-state index contributed by atoms with van der Waals surface area (Å²) in [5.74, 6) is 3.41. The molecule has 0 radical (unpaired) electrons. The maximum absolute atomic E-state index is 10.3. The standard InChI is InChI=1S/C19H28O2/c1-18-9-7-13(20)11-12(18)3-4-14-15-5-6-17(21)19(15,2)10-8-16(14)18/h6-7,9,12-16,20-21H,3-5,8,10-11H2,1-2H3/t12?,13?,14-,15-,16+,18-,19-/m0/s1. The van der Waals surface area contributed by atoms with Crippen molar-refractivity contribution in [3.05, 3.63) is 24.0 Å². The van der Waals surface area contributed by atoms with Crippen molar-refractivity contribution in [3.8, 4) is 0 Å². The van der Waals surface area contributed by atoms with E-state index in [9.17, 15) is 10.2 Å². The molecule has 0 aromatic rings. The van der Waals surface area contributed by atoms with Crippen LogP contribution >= 0.6 is 0 Å². The van der Waals surface area contributed by atoms with E-state index in [1.807, 2.05) is 6.08 Å². The summed E-state index contributed by atoms with van der Waals surface area (Å²) in [5, 5.41) is 20.3. The van der Waals surface area contributed by atoms with Crippen LogP contribution in [0.1, 0.15) is 52.4 Å². The van der Waals surface area contributed by atoms with Crippen molar-refractivity contribution in [2.45, 2.75) is 58.5 Å². The van der Waals surface area contributed by atoms with Crippen LogP contribution in [0.25, 0.3) is 0 Å². The maximum atomic E-state index is 10.3. The summed E-state index contributed by atoms with van der Waals surface area (Å²) in [4.78, 5) is 0. The monoisotopic (exact) mass is 288 g/mol. The zero-order valence-electron chi connectivity index (χ0n) is 13.3. The summed E-state index contributed by atoms with van der Waals surface area (Å²) < 4.78 is 0. The van der Waals surface area contributed by atoms with Gasteiger partial charge in [0.2, 0.25) is 0 Å². The van der Waals surface area contributed by atoms with Gasteiger partial charge in [0.05, 0.1) is 11.9 Å². The zero-order valence-corrected chi connectivity index (χ0v) is 13.3. The van der Waals surface area contributed by atoms with E-state index < -0.39 is 0 Å². The van der Waals surface area contributed by atoms with Gasteiger partial charge in [-0.15, -0.1) is 0 Å². The van der Waals surface area contributed by atoms with Crippen LogP contribution < -0.4 is 0 Å². The van der Waals surface area contributed by atoms with Gasteiger partial charge in [0, 0.05) is 5.41 Å². The second kappa shape index (κ2) is 4.38. The third kappa shape index (κ3) is 1.75. The molecule has 4 aliphatic carbocycles. The normalized spacial score (nSPS) is 55.4. The highest BCUT2D eigenvalue weighted by Crippen LogP contribution is 2.64. The third-order valence-corrected chi connectivity index (χ3v) is 7.71. The topological polar surface area (TPSA) is 40.5 Å². The Morgan fingerprint density at radius 1 is 1.14 bits per heavy atom. The molecule has 2 nitrogen and oxygen atoms in total. The number of hydrogen-bond acceptors (Lipinski definition) is 2. The zero-order chi connectivity index (χ0) is 14.8. The van der Waals surface area contributed by atoms with E-state index in [-0.39, 0.29) is 16.9 Å². The number of aliphatic hydroxyl groups is 2. The lowest BCUT2D eigenvalue weighted by Gasteiger charge is -2.58. The Bertz CT molecular complexity index is 508. The Morgan fingerprint density at radius 3 is 2.76 bits per heavy atom. The van der Waals surface area contributed by atoms with E-state index in [2.05, 4.69) is 26.0 Å². The quantitative estimate of drug-likeness (QED) is 0.655.